The molecule has 114 valence electrons. The first-order valence-electron chi connectivity index (χ1n) is 6.23. The predicted octanol–water partition coefficient (Wildman–Crippen LogP) is 1.11. The Bertz CT molecular complexity index is 536. The zero-order chi connectivity index (χ0) is 13.7. The van der Waals surface area contributed by atoms with Crippen LogP contribution in [0.15, 0.2) is 23.1 Å². The number of nitrogens with one attached hydrogen (secondary N) is 2. The van der Waals surface area contributed by atoms with Gasteiger partial charge in [-0.15, -0.1) is 12.4 Å². The highest BCUT2D eigenvalue weighted by atomic mass is 35.5. The van der Waals surface area contributed by atoms with Crippen molar-refractivity contribution in [3.8, 4) is 11.5 Å². The van der Waals surface area contributed by atoms with Gasteiger partial charge in [0.15, 0.2) is 11.5 Å². The van der Waals surface area contributed by atoms with Gasteiger partial charge in [-0.05, 0) is 25.1 Å². The average molecular weight is 323 g/mol. The van der Waals surface area contributed by atoms with E-state index in [9.17, 15) is 8.42 Å². The van der Waals surface area contributed by atoms with Gasteiger partial charge in [-0.3, -0.25) is 0 Å². The average Bonchev–Trinajstić information content (AvgIpc) is 2.85. The molecule has 0 aliphatic carbocycles. The number of hydrogen-bond donors (Lipinski definition) is 2. The van der Waals surface area contributed by atoms with Gasteiger partial charge in [0, 0.05) is 19.2 Å². The summed E-state index contributed by atoms with van der Waals surface area (Å²) in [4.78, 5) is 0.187. The van der Waals surface area contributed by atoms with Crippen LogP contribution in [0.1, 0.15) is 13.3 Å². The van der Waals surface area contributed by atoms with Gasteiger partial charge in [0.25, 0.3) is 0 Å². The summed E-state index contributed by atoms with van der Waals surface area (Å²) in [6.07, 6.45) is 1.02. The quantitative estimate of drug-likeness (QED) is 0.736. The van der Waals surface area contributed by atoms with Crippen LogP contribution in [0, 0.1) is 0 Å². The molecule has 0 unspecified atom stereocenters. The number of benzene rings is 1. The van der Waals surface area contributed by atoms with E-state index in [-0.39, 0.29) is 24.1 Å². The second kappa shape index (κ2) is 7.68. The third-order valence-corrected chi connectivity index (χ3v) is 4.13. The smallest absolute Gasteiger partial charge is 0.240 e. The SMILES string of the molecule is CCCNCCNS(=O)(=O)c1ccc2c(c1)OCO2.Cl. The molecule has 6 nitrogen and oxygen atoms in total. The van der Waals surface area contributed by atoms with Crippen LogP contribution in [0.3, 0.4) is 0 Å². The maximum atomic E-state index is 12.0. The largest absolute Gasteiger partial charge is 0.454 e. The zero-order valence-electron chi connectivity index (χ0n) is 11.2. The molecule has 0 radical (unpaired) electrons. The van der Waals surface area contributed by atoms with Crippen molar-refractivity contribution < 1.29 is 17.9 Å². The van der Waals surface area contributed by atoms with E-state index in [1.54, 1.807) is 6.07 Å². The fraction of sp³-hybridized carbons (Fsp3) is 0.500. The first-order chi connectivity index (χ1) is 9.13. The van der Waals surface area contributed by atoms with Gasteiger partial charge in [-0.25, -0.2) is 13.1 Å². The first kappa shape index (κ1) is 17.0. The number of rotatable bonds is 7. The third-order valence-electron chi connectivity index (χ3n) is 2.67. The lowest BCUT2D eigenvalue weighted by atomic mass is 10.3. The van der Waals surface area contributed by atoms with Crippen molar-refractivity contribution in [3.05, 3.63) is 18.2 Å². The highest BCUT2D eigenvalue weighted by molar-refractivity contribution is 7.89. The van der Waals surface area contributed by atoms with Crippen molar-refractivity contribution in [2.75, 3.05) is 26.4 Å². The van der Waals surface area contributed by atoms with Gasteiger partial charge in [-0.1, -0.05) is 6.92 Å². The van der Waals surface area contributed by atoms with Crippen molar-refractivity contribution in [1.82, 2.24) is 10.0 Å². The minimum Gasteiger partial charge on any atom is -0.454 e. The number of ether oxygens (including phenoxy) is 2. The van der Waals surface area contributed by atoms with E-state index in [0.29, 0.717) is 24.6 Å². The van der Waals surface area contributed by atoms with Crippen molar-refractivity contribution in [2.45, 2.75) is 18.2 Å². The van der Waals surface area contributed by atoms with Crippen molar-refractivity contribution in [2.24, 2.45) is 0 Å². The van der Waals surface area contributed by atoms with Crippen LogP contribution in [-0.2, 0) is 10.0 Å². The Morgan fingerprint density at radius 1 is 1.15 bits per heavy atom. The summed E-state index contributed by atoms with van der Waals surface area (Å²) in [5.41, 5.74) is 0. The highest BCUT2D eigenvalue weighted by Crippen LogP contribution is 2.33. The normalized spacial score (nSPS) is 13.1. The summed E-state index contributed by atoms with van der Waals surface area (Å²) in [6, 6.07) is 4.59. The molecule has 1 aliphatic heterocycles. The Labute approximate surface area is 125 Å². The Kier molecular flexibility index (Phi) is 6.54. The van der Waals surface area contributed by atoms with E-state index in [4.69, 9.17) is 9.47 Å². The zero-order valence-corrected chi connectivity index (χ0v) is 12.9. The topological polar surface area (TPSA) is 76.7 Å². The first-order valence-corrected chi connectivity index (χ1v) is 7.72. The lowest BCUT2D eigenvalue weighted by Crippen LogP contribution is -2.32. The van der Waals surface area contributed by atoms with E-state index in [1.165, 1.54) is 12.1 Å². The van der Waals surface area contributed by atoms with Crippen LogP contribution >= 0.6 is 12.4 Å². The number of halogens is 1. The molecule has 0 atom stereocenters. The van der Waals surface area contributed by atoms with Crippen LogP contribution in [0.4, 0.5) is 0 Å². The predicted molar refractivity (Wildman–Crippen MR) is 78.2 cm³/mol. The summed E-state index contributed by atoms with van der Waals surface area (Å²) in [5, 5.41) is 3.13. The van der Waals surface area contributed by atoms with E-state index < -0.39 is 10.0 Å². The van der Waals surface area contributed by atoms with Crippen LogP contribution in [-0.4, -0.2) is 34.8 Å². The lowest BCUT2D eigenvalue weighted by Gasteiger charge is -2.08. The summed E-state index contributed by atoms with van der Waals surface area (Å²) >= 11 is 0. The molecule has 1 aromatic carbocycles. The van der Waals surface area contributed by atoms with E-state index in [0.717, 1.165) is 13.0 Å². The van der Waals surface area contributed by atoms with Gasteiger partial charge in [0.2, 0.25) is 16.8 Å². The fourth-order valence-electron chi connectivity index (χ4n) is 1.70. The molecule has 0 fully saturated rings. The number of sulfonamides is 1. The summed E-state index contributed by atoms with van der Waals surface area (Å²) < 4.78 is 36.9. The molecule has 0 amide bonds. The minimum atomic E-state index is -3.49. The van der Waals surface area contributed by atoms with E-state index in [1.807, 2.05) is 0 Å². The van der Waals surface area contributed by atoms with Gasteiger partial charge < -0.3 is 14.8 Å². The number of hydrogen-bond acceptors (Lipinski definition) is 5. The van der Waals surface area contributed by atoms with Gasteiger partial charge >= 0.3 is 0 Å². The molecule has 2 rings (SSSR count). The fourth-order valence-corrected chi connectivity index (χ4v) is 2.75. The van der Waals surface area contributed by atoms with Gasteiger partial charge in [0.05, 0.1) is 4.90 Å². The van der Waals surface area contributed by atoms with Gasteiger partial charge in [-0.2, -0.15) is 0 Å². The molecule has 1 heterocycles. The number of fused-ring (bicyclic) bond motifs is 1. The Hall–Kier alpha value is -1.02. The molecule has 1 aliphatic rings. The van der Waals surface area contributed by atoms with Crippen molar-refractivity contribution >= 4 is 22.4 Å². The highest BCUT2D eigenvalue weighted by Gasteiger charge is 2.19. The van der Waals surface area contributed by atoms with Crippen molar-refractivity contribution in [3.63, 3.8) is 0 Å². The summed E-state index contributed by atoms with van der Waals surface area (Å²) in [5.74, 6) is 1.04. The molecule has 20 heavy (non-hydrogen) atoms. The molecule has 0 aromatic heterocycles. The maximum Gasteiger partial charge on any atom is 0.240 e. The van der Waals surface area contributed by atoms with E-state index in [2.05, 4.69) is 17.0 Å². The summed E-state index contributed by atoms with van der Waals surface area (Å²) in [6.45, 7) is 4.04. The molecule has 0 bridgehead atoms. The van der Waals surface area contributed by atoms with Gasteiger partial charge in [0.1, 0.15) is 0 Å². The third kappa shape index (κ3) is 4.24. The summed E-state index contributed by atoms with van der Waals surface area (Å²) in [7, 11) is -3.49. The van der Waals surface area contributed by atoms with Crippen LogP contribution in [0.5, 0.6) is 11.5 Å². The minimum absolute atomic E-state index is 0. The van der Waals surface area contributed by atoms with Crippen LogP contribution < -0.4 is 19.5 Å². The van der Waals surface area contributed by atoms with E-state index >= 15 is 0 Å². The molecular formula is C12H19ClN2O4S. The molecular weight excluding hydrogens is 304 g/mol. The Morgan fingerprint density at radius 3 is 2.65 bits per heavy atom. The monoisotopic (exact) mass is 322 g/mol. The molecule has 0 saturated carbocycles. The standard InChI is InChI=1S/C12H18N2O4S.ClH/c1-2-5-13-6-7-14-19(15,16)10-3-4-11-12(8-10)18-9-17-11;/h3-4,8,13-14H,2,5-7,9H2,1H3;1H. The molecule has 0 spiro atoms. The molecule has 2 N–H and O–H groups in total. The maximum absolute atomic E-state index is 12.0. The van der Waals surface area contributed by atoms with Crippen molar-refractivity contribution in [1.29, 1.82) is 0 Å². The Balaban J connectivity index is 0.00000200. The molecule has 1 aromatic rings. The second-order valence-corrected chi connectivity index (χ2v) is 5.93. The second-order valence-electron chi connectivity index (χ2n) is 4.16. The van der Waals surface area contributed by atoms with Crippen LogP contribution in [0.25, 0.3) is 0 Å². The lowest BCUT2D eigenvalue weighted by molar-refractivity contribution is 0.174. The Morgan fingerprint density at radius 2 is 1.90 bits per heavy atom. The molecule has 8 heteroatoms. The van der Waals surface area contributed by atoms with Crippen LogP contribution in [0.2, 0.25) is 0 Å². The molecule has 0 saturated heterocycles.